The van der Waals surface area contributed by atoms with Crippen molar-refractivity contribution in [1.82, 2.24) is 0 Å². The lowest BCUT2D eigenvalue weighted by molar-refractivity contribution is 0.355. The van der Waals surface area contributed by atoms with E-state index in [9.17, 15) is 0 Å². The molecule has 1 heterocycles. The number of ether oxygens (including phenoxy) is 2. The second-order valence-corrected chi connectivity index (χ2v) is 6.76. The molecule has 0 atom stereocenters. The maximum absolute atomic E-state index is 6.24. The highest BCUT2D eigenvalue weighted by atomic mass is 79.9. The summed E-state index contributed by atoms with van der Waals surface area (Å²) >= 11 is 11.5. The Morgan fingerprint density at radius 2 is 1.85 bits per heavy atom. The maximum Gasteiger partial charge on any atom is 0.162 e. The van der Waals surface area contributed by atoms with Crippen LogP contribution >= 0.6 is 38.9 Å². The molecule has 1 aromatic heterocycles. The van der Waals surface area contributed by atoms with Crippen molar-refractivity contribution in [1.29, 1.82) is 0 Å². The van der Waals surface area contributed by atoms with Crippen LogP contribution in [0.25, 0.3) is 0 Å². The van der Waals surface area contributed by atoms with Gasteiger partial charge in [0.2, 0.25) is 0 Å². The molecule has 1 N–H and O–H groups in total. The molecule has 1 aromatic carbocycles. The Kier molecular flexibility index (Phi) is 5.18. The third-order valence-electron chi connectivity index (χ3n) is 2.83. The topological polar surface area (TPSA) is 30.5 Å². The minimum Gasteiger partial charge on any atom is -0.493 e. The van der Waals surface area contributed by atoms with E-state index in [1.807, 2.05) is 6.07 Å². The van der Waals surface area contributed by atoms with E-state index in [1.165, 1.54) is 9.75 Å². The van der Waals surface area contributed by atoms with E-state index in [2.05, 4.69) is 34.2 Å². The molecule has 0 radical (unpaired) electrons. The van der Waals surface area contributed by atoms with Crippen molar-refractivity contribution in [2.24, 2.45) is 0 Å². The van der Waals surface area contributed by atoms with Crippen molar-refractivity contribution in [3.8, 4) is 11.5 Å². The van der Waals surface area contributed by atoms with Crippen LogP contribution < -0.4 is 14.8 Å². The van der Waals surface area contributed by atoms with Crippen LogP contribution in [0.4, 0.5) is 5.69 Å². The van der Waals surface area contributed by atoms with Gasteiger partial charge in [0, 0.05) is 32.9 Å². The SMILES string of the molecule is COc1cc(Cl)c(NCc2cc(Br)c(C)s2)cc1OC. The van der Waals surface area contributed by atoms with Gasteiger partial charge in [-0.2, -0.15) is 0 Å². The molecule has 0 amide bonds. The highest BCUT2D eigenvalue weighted by Gasteiger charge is 2.10. The molecule has 3 nitrogen and oxygen atoms in total. The second-order valence-electron chi connectivity index (χ2n) is 4.16. The smallest absolute Gasteiger partial charge is 0.162 e. The highest BCUT2D eigenvalue weighted by Crippen LogP contribution is 2.36. The molecule has 6 heteroatoms. The van der Waals surface area contributed by atoms with Crippen molar-refractivity contribution in [2.45, 2.75) is 13.5 Å². The summed E-state index contributed by atoms with van der Waals surface area (Å²) in [5, 5.41) is 3.92. The molecule has 0 saturated heterocycles. The number of benzene rings is 1. The zero-order chi connectivity index (χ0) is 14.7. The van der Waals surface area contributed by atoms with Gasteiger partial charge in [-0.25, -0.2) is 0 Å². The average Bonchev–Trinajstić information content (AvgIpc) is 2.76. The molecule has 0 fully saturated rings. The van der Waals surface area contributed by atoms with Crippen LogP contribution in [0.15, 0.2) is 22.7 Å². The maximum atomic E-state index is 6.24. The van der Waals surface area contributed by atoms with Gasteiger partial charge in [-0.05, 0) is 28.9 Å². The third-order valence-corrected chi connectivity index (χ3v) is 5.28. The molecule has 2 aromatic rings. The minimum atomic E-state index is 0.606. The van der Waals surface area contributed by atoms with E-state index in [-0.39, 0.29) is 0 Å². The fourth-order valence-electron chi connectivity index (χ4n) is 1.78. The summed E-state index contributed by atoms with van der Waals surface area (Å²) in [5.41, 5.74) is 0.825. The summed E-state index contributed by atoms with van der Waals surface area (Å²) in [6.07, 6.45) is 0. The largest absolute Gasteiger partial charge is 0.493 e. The van der Waals surface area contributed by atoms with Crippen LogP contribution in [0.5, 0.6) is 11.5 Å². The molecule has 2 rings (SSSR count). The van der Waals surface area contributed by atoms with Gasteiger partial charge < -0.3 is 14.8 Å². The molecule has 0 unspecified atom stereocenters. The summed E-state index contributed by atoms with van der Waals surface area (Å²) in [5.74, 6) is 1.28. The number of aryl methyl sites for hydroxylation is 1. The Bertz CT molecular complexity index is 596. The lowest BCUT2D eigenvalue weighted by Gasteiger charge is -2.12. The summed E-state index contributed by atoms with van der Waals surface area (Å²) in [7, 11) is 3.20. The lowest BCUT2D eigenvalue weighted by Crippen LogP contribution is -1.99. The second kappa shape index (κ2) is 6.70. The number of anilines is 1. The van der Waals surface area contributed by atoms with E-state index in [0.29, 0.717) is 23.1 Å². The average molecular weight is 377 g/mol. The van der Waals surface area contributed by atoms with E-state index in [1.54, 1.807) is 31.6 Å². The number of rotatable bonds is 5. The molecular formula is C14H15BrClNO2S. The highest BCUT2D eigenvalue weighted by molar-refractivity contribution is 9.10. The van der Waals surface area contributed by atoms with E-state index >= 15 is 0 Å². The van der Waals surface area contributed by atoms with Crippen molar-refractivity contribution >= 4 is 44.6 Å². The van der Waals surface area contributed by atoms with Gasteiger partial charge in [0.15, 0.2) is 11.5 Å². The summed E-state index contributed by atoms with van der Waals surface area (Å²) in [4.78, 5) is 2.50. The van der Waals surface area contributed by atoms with Crippen molar-refractivity contribution in [3.63, 3.8) is 0 Å². The third kappa shape index (κ3) is 3.40. The molecule has 0 bridgehead atoms. The van der Waals surface area contributed by atoms with Gasteiger partial charge in [-0.3, -0.25) is 0 Å². The first-order valence-electron chi connectivity index (χ1n) is 5.95. The number of hydrogen-bond donors (Lipinski definition) is 1. The summed E-state index contributed by atoms with van der Waals surface area (Å²) < 4.78 is 11.6. The van der Waals surface area contributed by atoms with Crippen molar-refractivity contribution in [2.75, 3.05) is 19.5 Å². The number of halogens is 2. The molecule has 108 valence electrons. The molecular weight excluding hydrogens is 362 g/mol. The Morgan fingerprint density at radius 3 is 2.40 bits per heavy atom. The number of methoxy groups -OCH3 is 2. The van der Waals surface area contributed by atoms with Crippen LogP contribution in [0.3, 0.4) is 0 Å². The molecule has 0 spiro atoms. The first-order valence-corrected chi connectivity index (χ1v) is 7.94. The predicted molar refractivity (Wildman–Crippen MR) is 88.6 cm³/mol. The van der Waals surface area contributed by atoms with Crippen LogP contribution in [0.2, 0.25) is 5.02 Å². The normalized spacial score (nSPS) is 10.4. The van der Waals surface area contributed by atoms with Crippen molar-refractivity contribution < 1.29 is 9.47 Å². The fourth-order valence-corrected chi connectivity index (χ4v) is 3.54. The summed E-state index contributed by atoms with van der Waals surface area (Å²) in [6.45, 7) is 2.80. The first kappa shape index (κ1) is 15.5. The first-order chi connectivity index (χ1) is 9.55. The quantitative estimate of drug-likeness (QED) is 0.787. The van der Waals surface area contributed by atoms with Gasteiger partial charge in [0.25, 0.3) is 0 Å². The predicted octanol–water partition coefficient (Wildman–Crippen LogP) is 5.10. The Hall–Kier alpha value is -0.910. The summed E-state index contributed by atoms with van der Waals surface area (Å²) in [6, 6.07) is 5.71. The number of nitrogens with one attached hydrogen (secondary N) is 1. The van der Waals surface area contributed by atoms with E-state index < -0.39 is 0 Å². The van der Waals surface area contributed by atoms with Crippen LogP contribution in [-0.2, 0) is 6.54 Å². The Labute approximate surface area is 136 Å². The molecule has 0 saturated carbocycles. The molecule has 0 aliphatic rings. The van der Waals surface area contributed by atoms with Crippen LogP contribution in [0, 0.1) is 6.92 Å². The monoisotopic (exact) mass is 375 g/mol. The van der Waals surface area contributed by atoms with Crippen LogP contribution in [0.1, 0.15) is 9.75 Å². The van der Waals surface area contributed by atoms with E-state index in [0.717, 1.165) is 10.2 Å². The molecule has 0 aliphatic heterocycles. The Morgan fingerprint density at radius 1 is 1.20 bits per heavy atom. The zero-order valence-corrected chi connectivity index (χ0v) is 14.6. The van der Waals surface area contributed by atoms with E-state index in [4.69, 9.17) is 21.1 Å². The van der Waals surface area contributed by atoms with Gasteiger partial charge in [0.1, 0.15) is 0 Å². The van der Waals surface area contributed by atoms with Crippen LogP contribution in [-0.4, -0.2) is 14.2 Å². The van der Waals surface area contributed by atoms with Gasteiger partial charge in [-0.15, -0.1) is 11.3 Å². The Balaban J connectivity index is 2.16. The molecule has 0 aliphatic carbocycles. The fraction of sp³-hybridized carbons (Fsp3) is 0.286. The molecule has 20 heavy (non-hydrogen) atoms. The standard InChI is InChI=1S/C14H15BrClNO2S/c1-8-10(15)4-9(20-8)7-17-12-6-14(19-3)13(18-2)5-11(12)16/h4-6,17H,7H2,1-3H3. The van der Waals surface area contributed by atoms with Crippen molar-refractivity contribution in [3.05, 3.63) is 37.4 Å². The van der Waals surface area contributed by atoms with Gasteiger partial charge in [-0.1, -0.05) is 11.6 Å². The van der Waals surface area contributed by atoms with Gasteiger partial charge in [0.05, 0.1) is 24.9 Å². The van der Waals surface area contributed by atoms with Gasteiger partial charge >= 0.3 is 0 Å². The minimum absolute atomic E-state index is 0.606. The zero-order valence-electron chi connectivity index (χ0n) is 11.4. The number of hydrogen-bond acceptors (Lipinski definition) is 4. The number of thiophene rings is 1. The lowest BCUT2D eigenvalue weighted by atomic mass is 10.2.